The monoisotopic (exact) mass is 218 g/mol. The third kappa shape index (κ3) is 2.69. The van der Waals surface area contributed by atoms with Gasteiger partial charge in [0.15, 0.2) is 0 Å². The summed E-state index contributed by atoms with van der Waals surface area (Å²) in [6.07, 6.45) is 11.7. The van der Waals surface area contributed by atoms with Gasteiger partial charge in [-0.25, -0.2) is 0 Å². The molecule has 0 radical (unpaired) electrons. The van der Waals surface area contributed by atoms with Crippen molar-refractivity contribution in [3.63, 3.8) is 0 Å². The van der Waals surface area contributed by atoms with Crippen LogP contribution in [0.4, 0.5) is 0 Å². The van der Waals surface area contributed by atoms with Crippen LogP contribution in [0.1, 0.15) is 41.1 Å². The molecule has 80 valence electrons. The van der Waals surface area contributed by atoms with Crippen LogP contribution in [0.3, 0.4) is 0 Å². The van der Waals surface area contributed by atoms with Gasteiger partial charge in [0.1, 0.15) is 0 Å². The number of rotatable bonds is 4. The summed E-state index contributed by atoms with van der Waals surface area (Å²) >= 11 is 1.83. The summed E-state index contributed by atoms with van der Waals surface area (Å²) in [6, 6.07) is 0. The maximum Gasteiger partial charge on any atom is 0.0348 e. The van der Waals surface area contributed by atoms with Crippen molar-refractivity contribution in [1.29, 1.82) is 0 Å². The summed E-state index contributed by atoms with van der Waals surface area (Å²) in [5.74, 6) is 0. The number of hydrogen-bond donors (Lipinski definition) is 0. The van der Waals surface area contributed by atoms with Crippen LogP contribution in [0.25, 0.3) is 18.2 Å². The summed E-state index contributed by atoms with van der Waals surface area (Å²) in [5.41, 5.74) is 2.59. The van der Waals surface area contributed by atoms with Crippen LogP contribution >= 0.6 is 11.3 Å². The van der Waals surface area contributed by atoms with Gasteiger partial charge in [-0.3, -0.25) is 0 Å². The summed E-state index contributed by atoms with van der Waals surface area (Å²) in [5, 5.41) is 0. The first kappa shape index (κ1) is 12.0. The van der Waals surface area contributed by atoms with Crippen molar-refractivity contribution >= 4 is 29.6 Å². The minimum absolute atomic E-state index is 1.07. The van der Waals surface area contributed by atoms with Crippen LogP contribution in [0.15, 0.2) is 18.7 Å². The van der Waals surface area contributed by atoms with E-state index in [-0.39, 0.29) is 0 Å². The molecule has 0 aromatic carbocycles. The van der Waals surface area contributed by atoms with Gasteiger partial charge in [0.05, 0.1) is 0 Å². The molecule has 1 heterocycles. The van der Waals surface area contributed by atoms with E-state index in [1.165, 1.54) is 20.9 Å². The number of aryl methyl sites for hydroxylation is 1. The molecule has 1 rings (SSSR count). The average molecular weight is 218 g/mol. The van der Waals surface area contributed by atoms with Crippen LogP contribution in [0.2, 0.25) is 0 Å². The van der Waals surface area contributed by atoms with E-state index in [0.29, 0.717) is 0 Å². The SMILES string of the molecule is C=Cc1c(/C=C\C)sc(C)c1/C=C\CC. The average Bonchev–Trinajstić information content (AvgIpc) is 2.52. The van der Waals surface area contributed by atoms with Gasteiger partial charge >= 0.3 is 0 Å². The molecular formula is C14H18S. The van der Waals surface area contributed by atoms with Crippen LogP contribution in [-0.2, 0) is 0 Å². The van der Waals surface area contributed by atoms with Crippen LogP contribution < -0.4 is 0 Å². The number of allylic oxidation sites excluding steroid dienone is 2. The highest BCUT2D eigenvalue weighted by Crippen LogP contribution is 2.31. The van der Waals surface area contributed by atoms with Gasteiger partial charge in [-0.15, -0.1) is 11.3 Å². The second-order valence-corrected chi connectivity index (χ2v) is 4.62. The third-order valence-corrected chi connectivity index (χ3v) is 3.34. The van der Waals surface area contributed by atoms with Gasteiger partial charge in [0, 0.05) is 9.75 Å². The number of hydrogen-bond acceptors (Lipinski definition) is 1. The molecule has 0 amide bonds. The molecule has 0 N–H and O–H groups in total. The van der Waals surface area contributed by atoms with E-state index in [4.69, 9.17) is 0 Å². The molecular weight excluding hydrogens is 200 g/mol. The summed E-state index contributed by atoms with van der Waals surface area (Å²) in [4.78, 5) is 2.67. The Hall–Kier alpha value is -1.08. The van der Waals surface area contributed by atoms with Gasteiger partial charge in [-0.2, -0.15) is 0 Å². The summed E-state index contributed by atoms with van der Waals surface area (Å²) < 4.78 is 0. The Kier molecular flexibility index (Phi) is 4.57. The van der Waals surface area contributed by atoms with Gasteiger partial charge in [-0.1, -0.05) is 37.8 Å². The zero-order chi connectivity index (χ0) is 11.3. The van der Waals surface area contributed by atoms with E-state index >= 15 is 0 Å². The first-order valence-electron chi connectivity index (χ1n) is 5.29. The zero-order valence-electron chi connectivity index (χ0n) is 9.71. The van der Waals surface area contributed by atoms with Crippen molar-refractivity contribution in [2.75, 3.05) is 0 Å². The van der Waals surface area contributed by atoms with Crippen LogP contribution in [-0.4, -0.2) is 0 Å². The largest absolute Gasteiger partial charge is 0.140 e. The maximum atomic E-state index is 3.89. The molecule has 1 aromatic heterocycles. The molecule has 0 saturated heterocycles. The predicted octanol–water partition coefficient (Wildman–Crippen LogP) is 5.16. The highest BCUT2D eigenvalue weighted by Gasteiger charge is 2.08. The standard InChI is InChI=1S/C14H18S/c1-5-8-10-13-11(4)15-14(9-6-2)12(13)7-3/h6-10H,3,5H2,1-2,4H3/b9-6-,10-8-. The van der Waals surface area contributed by atoms with E-state index in [0.717, 1.165) is 6.42 Å². The fraction of sp³-hybridized carbons (Fsp3) is 0.286. The van der Waals surface area contributed by atoms with Crippen molar-refractivity contribution in [2.45, 2.75) is 27.2 Å². The Labute approximate surface area is 96.7 Å². The highest BCUT2D eigenvalue weighted by molar-refractivity contribution is 7.13. The van der Waals surface area contributed by atoms with E-state index in [2.05, 4.69) is 44.7 Å². The lowest BCUT2D eigenvalue weighted by Gasteiger charge is -1.95. The lowest BCUT2D eigenvalue weighted by atomic mass is 10.1. The van der Waals surface area contributed by atoms with E-state index in [1.54, 1.807) is 0 Å². The Balaban J connectivity index is 3.24. The molecule has 0 atom stereocenters. The molecule has 15 heavy (non-hydrogen) atoms. The predicted molar refractivity (Wildman–Crippen MR) is 73.2 cm³/mol. The molecule has 0 saturated carbocycles. The Morgan fingerprint density at radius 1 is 1.27 bits per heavy atom. The normalized spacial score (nSPS) is 11.7. The van der Waals surface area contributed by atoms with Crippen molar-refractivity contribution in [3.8, 4) is 0 Å². The Morgan fingerprint density at radius 2 is 2.00 bits per heavy atom. The minimum atomic E-state index is 1.07. The van der Waals surface area contributed by atoms with Crippen LogP contribution in [0, 0.1) is 6.92 Å². The minimum Gasteiger partial charge on any atom is -0.140 e. The first-order valence-corrected chi connectivity index (χ1v) is 6.11. The second-order valence-electron chi connectivity index (χ2n) is 3.36. The van der Waals surface area contributed by atoms with Crippen LogP contribution in [0.5, 0.6) is 0 Å². The second kappa shape index (κ2) is 5.72. The van der Waals surface area contributed by atoms with Crippen molar-refractivity contribution < 1.29 is 0 Å². The molecule has 0 fully saturated rings. The Bertz CT molecular complexity index is 392. The number of thiophene rings is 1. The molecule has 0 aliphatic carbocycles. The molecule has 0 bridgehead atoms. The van der Waals surface area contributed by atoms with Crippen molar-refractivity contribution in [2.24, 2.45) is 0 Å². The van der Waals surface area contributed by atoms with Gasteiger partial charge < -0.3 is 0 Å². The molecule has 0 unspecified atom stereocenters. The lowest BCUT2D eigenvalue weighted by molar-refractivity contribution is 1.23. The summed E-state index contributed by atoms with van der Waals surface area (Å²) in [7, 11) is 0. The topological polar surface area (TPSA) is 0 Å². The third-order valence-electron chi connectivity index (χ3n) is 2.24. The fourth-order valence-corrected chi connectivity index (χ4v) is 2.65. The summed E-state index contributed by atoms with van der Waals surface area (Å²) in [6.45, 7) is 10.3. The van der Waals surface area contributed by atoms with E-state index < -0.39 is 0 Å². The van der Waals surface area contributed by atoms with E-state index in [9.17, 15) is 0 Å². The molecule has 1 aromatic rings. The smallest absolute Gasteiger partial charge is 0.0348 e. The molecule has 1 heteroatoms. The fourth-order valence-electron chi connectivity index (χ4n) is 1.53. The quantitative estimate of drug-likeness (QED) is 0.655. The Morgan fingerprint density at radius 3 is 2.53 bits per heavy atom. The lowest BCUT2D eigenvalue weighted by Crippen LogP contribution is -1.77. The van der Waals surface area contributed by atoms with Crippen molar-refractivity contribution in [1.82, 2.24) is 0 Å². The first-order chi connectivity index (χ1) is 7.24. The molecule has 0 nitrogen and oxygen atoms in total. The van der Waals surface area contributed by atoms with Gasteiger partial charge in [0.2, 0.25) is 0 Å². The molecule has 0 aliphatic heterocycles. The highest BCUT2D eigenvalue weighted by atomic mass is 32.1. The zero-order valence-corrected chi connectivity index (χ0v) is 10.5. The van der Waals surface area contributed by atoms with E-state index in [1.807, 2.05) is 24.3 Å². The van der Waals surface area contributed by atoms with Crippen molar-refractivity contribution in [3.05, 3.63) is 39.6 Å². The van der Waals surface area contributed by atoms with Gasteiger partial charge in [0.25, 0.3) is 0 Å². The molecule has 0 spiro atoms. The van der Waals surface area contributed by atoms with Gasteiger partial charge in [-0.05, 0) is 37.5 Å². The molecule has 0 aliphatic rings. The maximum absolute atomic E-state index is 3.89.